The Morgan fingerprint density at radius 1 is 1.12 bits per heavy atom. The van der Waals surface area contributed by atoms with Crippen LogP contribution in [0.4, 0.5) is 0 Å². The van der Waals surface area contributed by atoms with Crippen LogP contribution in [-0.2, 0) is 24.0 Å². The lowest BCUT2D eigenvalue weighted by atomic mass is 9.58. The lowest BCUT2D eigenvalue weighted by Crippen LogP contribution is -2.71. The second kappa shape index (κ2) is 11.8. The van der Waals surface area contributed by atoms with Crippen LogP contribution < -0.4 is 28.3 Å². The second-order valence-electron chi connectivity index (χ2n) is 9.34. The minimum absolute atomic E-state index is 0.0110. The Morgan fingerprint density at radius 2 is 1.73 bits per heavy atom. The Bertz CT molecular complexity index is 772. The molecule has 1 aliphatic carbocycles. The summed E-state index contributed by atoms with van der Waals surface area (Å²) >= 11 is 0. The normalized spacial score (nSPS) is 26.6. The molecule has 1 amide bonds. The number of unbranched alkanes of at least 4 members (excludes halogenated alkanes) is 1. The van der Waals surface area contributed by atoms with Crippen molar-refractivity contribution in [3.05, 3.63) is 0 Å². The average molecular weight is 470 g/mol. The summed E-state index contributed by atoms with van der Waals surface area (Å²) < 4.78 is 0. The number of nitrogens with one attached hydrogen (secondary N) is 1. The summed E-state index contributed by atoms with van der Waals surface area (Å²) in [6.07, 6.45) is 1.02. The number of amides is 1. The van der Waals surface area contributed by atoms with Gasteiger partial charge in [0.15, 0.2) is 17.3 Å². The highest BCUT2D eigenvalue weighted by Crippen LogP contribution is 2.52. The van der Waals surface area contributed by atoms with Crippen LogP contribution in [0.3, 0.4) is 0 Å². The summed E-state index contributed by atoms with van der Waals surface area (Å²) in [6.45, 7) is 4.62. The van der Waals surface area contributed by atoms with Gasteiger partial charge in [-0.15, -0.1) is 0 Å². The van der Waals surface area contributed by atoms with Crippen LogP contribution in [0.1, 0.15) is 59.3 Å². The summed E-state index contributed by atoms with van der Waals surface area (Å²) in [5.41, 5.74) is 18.7. The highest BCUT2D eigenvalue weighted by molar-refractivity contribution is 6.18. The molecule has 10 N–H and O–H groups in total. The Kier molecular flexibility index (Phi) is 10.3. The maximum atomic E-state index is 13.7. The molecule has 0 radical (unpaired) electrons. The number of hydrogen-bond acceptors (Lipinski definition) is 9. The fourth-order valence-electron chi connectivity index (χ4n) is 5.00. The van der Waals surface area contributed by atoms with Gasteiger partial charge >= 0.3 is 5.97 Å². The summed E-state index contributed by atoms with van der Waals surface area (Å²) in [7, 11) is 0. The molecule has 0 saturated heterocycles. The molecule has 188 valence electrons. The van der Waals surface area contributed by atoms with Gasteiger partial charge in [0.1, 0.15) is 11.0 Å². The van der Waals surface area contributed by atoms with Gasteiger partial charge in [-0.05, 0) is 44.6 Å². The van der Waals surface area contributed by atoms with E-state index in [-0.39, 0.29) is 31.6 Å². The van der Waals surface area contributed by atoms with Gasteiger partial charge in [0.25, 0.3) is 0 Å². The summed E-state index contributed by atoms with van der Waals surface area (Å²) in [6, 6.07) is -2.25. The van der Waals surface area contributed by atoms with E-state index in [1.165, 1.54) is 6.92 Å². The SMILES string of the molecule is CC(=O)NC(CC(C)C)C(=O)C1CCC(N)(C(=O)O)C1(C(=O)CN)C(=O)C(N)CCCCN. The minimum Gasteiger partial charge on any atom is -0.480 e. The molecule has 5 unspecified atom stereocenters. The zero-order chi connectivity index (χ0) is 25.6. The molecule has 5 atom stereocenters. The second-order valence-corrected chi connectivity index (χ2v) is 9.34. The zero-order valence-electron chi connectivity index (χ0n) is 19.8. The first-order chi connectivity index (χ1) is 15.3. The van der Waals surface area contributed by atoms with Crippen LogP contribution in [0.5, 0.6) is 0 Å². The summed E-state index contributed by atoms with van der Waals surface area (Å²) in [4.78, 5) is 64.8. The predicted molar refractivity (Wildman–Crippen MR) is 122 cm³/mol. The van der Waals surface area contributed by atoms with E-state index in [0.29, 0.717) is 19.4 Å². The van der Waals surface area contributed by atoms with Gasteiger partial charge in [-0.1, -0.05) is 20.3 Å². The number of carboxylic acid groups (broad SMARTS) is 1. The van der Waals surface area contributed by atoms with E-state index in [0.717, 1.165) is 0 Å². The molecule has 0 spiro atoms. The molecule has 1 rings (SSSR count). The van der Waals surface area contributed by atoms with E-state index in [9.17, 15) is 29.1 Å². The van der Waals surface area contributed by atoms with Gasteiger partial charge in [-0.2, -0.15) is 0 Å². The first kappa shape index (κ1) is 28.8. The van der Waals surface area contributed by atoms with E-state index >= 15 is 0 Å². The van der Waals surface area contributed by atoms with Crippen LogP contribution in [0.25, 0.3) is 0 Å². The Labute approximate surface area is 194 Å². The van der Waals surface area contributed by atoms with Crippen molar-refractivity contribution in [1.29, 1.82) is 0 Å². The molecule has 11 heteroatoms. The predicted octanol–water partition coefficient (Wildman–Crippen LogP) is -1.16. The van der Waals surface area contributed by atoms with Crippen molar-refractivity contribution in [2.75, 3.05) is 13.1 Å². The number of ketones is 3. The number of hydrogen-bond donors (Lipinski definition) is 6. The third-order valence-corrected chi connectivity index (χ3v) is 6.53. The van der Waals surface area contributed by atoms with E-state index in [2.05, 4.69) is 5.32 Å². The van der Waals surface area contributed by atoms with Crippen molar-refractivity contribution in [3.8, 4) is 0 Å². The molecular formula is C22H39N5O6. The number of rotatable bonds is 14. The van der Waals surface area contributed by atoms with E-state index in [1.807, 2.05) is 13.8 Å². The van der Waals surface area contributed by atoms with Crippen molar-refractivity contribution in [2.45, 2.75) is 76.9 Å². The molecule has 1 aliphatic rings. The number of carboxylic acids is 1. The van der Waals surface area contributed by atoms with Crippen molar-refractivity contribution < 1.29 is 29.1 Å². The summed E-state index contributed by atoms with van der Waals surface area (Å²) in [5, 5.41) is 12.6. The number of carbonyl (C=O) groups is 5. The van der Waals surface area contributed by atoms with E-state index in [4.69, 9.17) is 22.9 Å². The van der Waals surface area contributed by atoms with Crippen molar-refractivity contribution in [1.82, 2.24) is 5.32 Å². The van der Waals surface area contributed by atoms with Gasteiger partial charge in [-0.3, -0.25) is 24.0 Å². The highest BCUT2D eigenvalue weighted by atomic mass is 16.4. The van der Waals surface area contributed by atoms with Gasteiger partial charge in [-0.25, -0.2) is 0 Å². The molecular weight excluding hydrogens is 430 g/mol. The fraction of sp³-hybridized carbons (Fsp3) is 0.773. The molecule has 33 heavy (non-hydrogen) atoms. The topological polar surface area (TPSA) is 222 Å². The standard InChI is InChI=1S/C22H39N5O6/c1-12(2)10-16(27-13(3)28)18(30)14-7-8-21(26,20(32)33)22(14,17(29)11-24)19(31)15(25)6-4-5-9-23/h12,14-16H,4-11,23-26H2,1-3H3,(H,27,28)(H,32,33). The maximum absolute atomic E-state index is 13.7. The zero-order valence-corrected chi connectivity index (χ0v) is 19.8. The van der Waals surface area contributed by atoms with Gasteiger partial charge in [0.2, 0.25) is 5.91 Å². The monoisotopic (exact) mass is 469 g/mol. The Balaban J connectivity index is 3.67. The van der Waals surface area contributed by atoms with E-state index in [1.54, 1.807) is 0 Å². The Hall–Kier alpha value is -2.21. The lowest BCUT2D eigenvalue weighted by Gasteiger charge is -2.43. The molecule has 0 aromatic rings. The van der Waals surface area contributed by atoms with Crippen molar-refractivity contribution in [2.24, 2.45) is 40.2 Å². The van der Waals surface area contributed by atoms with Crippen LogP contribution in [0.2, 0.25) is 0 Å². The van der Waals surface area contributed by atoms with E-state index < -0.39 is 64.7 Å². The van der Waals surface area contributed by atoms with Crippen molar-refractivity contribution >= 4 is 29.2 Å². The largest absolute Gasteiger partial charge is 0.480 e. The van der Waals surface area contributed by atoms with Gasteiger partial charge < -0.3 is 33.4 Å². The fourth-order valence-corrected chi connectivity index (χ4v) is 5.00. The number of carbonyl (C=O) groups excluding carboxylic acids is 4. The minimum atomic E-state index is -2.43. The third-order valence-electron chi connectivity index (χ3n) is 6.53. The Morgan fingerprint density at radius 3 is 2.18 bits per heavy atom. The maximum Gasteiger partial charge on any atom is 0.325 e. The number of Topliss-reactive ketones (excluding diaryl/α,β-unsaturated/α-hetero) is 3. The van der Waals surface area contributed by atoms with Crippen LogP contribution in [0.15, 0.2) is 0 Å². The molecule has 1 fully saturated rings. The smallest absolute Gasteiger partial charge is 0.325 e. The average Bonchev–Trinajstić information content (AvgIpc) is 3.06. The molecule has 0 aromatic heterocycles. The molecule has 11 nitrogen and oxygen atoms in total. The highest BCUT2D eigenvalue weighted by Gasteiger charge is 2.72. The first-order valence-corrected chi connectivity index (χ1v) is 11.4. The van der Waals surface area contributed by atoms with Crippen LogP contribution in [0, 0.1) is 17.3 Å². The third kappa shape index (κ3) is 5.65. The number of aliphatic carboxylic acids is 1. The van der Waals surface area contributed by atoms with Gasteiger partial charge in [0, 0.05) is 12.8 Å². The molecule has 0 heterocycles. The van der Waals surface area contributed by atoms with Gasteiger partial charge in [0.05, 0.1) is 18.6 Å². The number of nitrogens with two attached hydrogens (primary N) is 4. The lowest BCUT2D eigenvalue weighted by molar-refractivity contribution is -0.163. The quantitative estimate of drug-likeness (QED) is 0.132. The molecule has 1 saturated carbocycles. The van der Waals surface area contributed by atoms with Crippen LogP contribution in [-0.4, -0.2) is 65.0 Å². The molecule has 0 bridgehead atoms. The van der Waals surface area contributed by atoms with Crippen molar-refractivity contribution in [3.63, 3.8) is 0 Å². The van der Waals surface area contributed by atoms with Crippen LogP contribution >= 0.6 is 0 Å². The molecule has 0 aromatic carbocycles. The first-order valence-electron chi connectivity index (χ1n) is 11.4. The summed E-state index contributed by atoms with van der Waals surface area (Å²) in [5.74, 6) is -5.89. The molecule has 0 aliphatic heterocycles.